The van der Waals surface area contributed by atoms with Gasteiger partial charge in [-0.3, -0.25) is 9.59 Å². The Kier molecular flexibility index (Phi) is 2.42. The number of rotatable bonds is 2. The molecule has 1 aliphatic rings. The minimum atomic E-state index is -1.42. The van der Waals surface area contributed by atoms with Crippen LogP contribution in [0.2, 0.25) is 0 Å². The normalized spacial score (nSPS) is 28.8. The summed E-state index contributed by atoms with van der Waals surface area (Å²) < 4.78 is 5.10. The number of benzene rings is 1. The molecule has 1 heterocycles. The number of ether oxygens (including phenoxy) is 1. The lowest BCUT2D eigenvalue weighted by atomic mass is 9.86. The van der Waals surface area contributed by atoms with E-state index in [2.05, 4.69) is 0 Å². The second-order valence-corrected chi connectivity index (χ2v) is 4.15. The van der Waals surface area contributed by atoms with Crippen LogP contribution in [-0.4, -0.2) is 17.0 Å². The zero-order valence-corrected chi connectivity index (χ0v) is 8.84. The van der Waals surface area contributed by atoms with Gasteiger partial charge in [0.25, 0.3) is 0 Å². The van der Waals surface area contributed by atoms with Crippen LogP contribution >= 0.6 is 0 Å². The number of hydrogen-bond donors (Lipinski definition) is 1. The predicted octanol–water partition coefficient (Wildman–Crippen LogP) is 1.77. The second kappa shape index (κ2) is 3.63. The maximum atomic E-state index is 11.5. The summed E-state index contributed by atoms with van der Waals surface area (Å²) in [6, 6.07) is 9.17. The Bertz CT molecular complexity index is 426. The molecule has 0 radical (unpaired) electrons. The Labute approximate surface area is 92.8 Å². The summed E-state index contributed by atoms with van der Waals surface area (Å²) >= 11 is 0. The van der Waals surface area contributed by atoms with Crippen molar-refractivity contribution >= 4 is 11.9 Å². The molecule has 0 spiro atoms. The van der Waals surface area contributed by atoms with E-state index in [1.165, 1.54) is 6.92 Å². The van der Waals surface area contributed by atoms with Crippen molar-refractivity contribution in [1.82, 2.24) is 0 Å². The molecule has 1 saturated heterocycles. The maximum absolute atomic E-state index is 11.5. The zero-order valence-electron chi connectivity index (χ0n) is 8.84. The standard InChI is InChI=1S/C12H12O4/c1-12(10(13)14)7-9(16-11(12)15)8-5-3-2-4-6-8/h2-6,9H,7H2,1H3,(H,13,14)/t9-,12+/m0/s1. The molecule has 2 rings (SSSR count). The van der Waals surface area contributed by atoms with Crippen molar-refractivity contribution in [3.8, 4) is 0 Å². The number of carboxylic acids is 1. The van der Waals surface area contributed by atoms with Crippen LogP contribution in [-0.2, 0) is 14.3 Å². The molecule has 1 aliphatic heterocycles. The van der Waals surface area contributed by atoms with Gasteiger partial charge in [-0.25, -0.2) is 0 Å². The summed E-state index contributed by atoms with van der Waals surface area (Å²) in [6.07, 6.45) is -0.264. The van der Waals surface area contributed by atoms with Crippen molar-refractivity contribution in [3.05, 3.63) is 35.9 Å². The number of cyclic esters (lactones) is 1. The number of carbonyl (C=O) groups is 2. The van der Waals surface area contributed by atoms with E-state index in [0.717, 1.165) is 5.56 Å². The summed E-state index contributed by atoms with van der Waals surface area (Å²) in [5.41, 5.74) is -0.582. The van der Waals surface area contributed by atoms with Crippen molar-refractivity contribution in [2.24, 2.45) is 5.41 Å². The SMILES string of the molecule is C[C@]1(C(=O)O)C[C@@H](c2ccccc2)OC1=O. The summed E-state index contributed by atoms with van der Waals surface area (Å²) in [5, 5.41) is 9.01. The van der Waals surface area contributed by atoms with Gasteiger partial charge in [-0.05, 0) is 12.5 Å². The van der Waals surface area contributed by atoms with Gasteiger partial charge in [0.05, 0.1) is 0 Å². The molecule has 4 heteroatoms. The van der Waals surface area contributed by atoms with Gasteiger partial charge in [-0.15, -0.1) is 0 Å². The third-order valence-corrected chi connectivity index (χ3v) is 2.94. The topological polar surface area (TPSA) is 63.6 Å². The van der Waals surface area contributed by atoms with E-state index in [1.807, 2.05) is 30.3 Å². The molecule has 1 fully saturated rings. The molecule has 1 N–H and O–H groups in total. The smallest absolute Gasteiger partial charge is 0.323 e. The fraction of sp³-hybridized carbons (Fsp3) is 0.333. The predicted molar refractivity (Wildman–Crippen MR) is 55.6 cm³/mol. The molecule has 0 bridgehead atoms. The molecule has 0 saturated carbocycles. The van der Waals surface area contributed by atoms with Crippen LogP contribution < -0.4 is 0 Å². The van der Waals surface area contributed by atoms with Gasteiger partial charge in [0, 0.05) is 6.42 Å². The van der Waals surface area contributed by atoms with Crippen LogP contribution in [0, 0.1) is 5.41 Å². The van der Waals surface area contributed by atoms with Crippen molar-refractivity contribution in [1.29, 1.82) is 0 Å². The Morgan fingerprint density at radius 1 is 1.44 bits per heavy atom. The lowest BCUT2D eigenvalue weighted by Gasteiger charge is -2.11. The second-order valence-electron chi connectivity index (χ2n) is 4.15. The molecule has 0 unspecified atom stereocenters. The Hall–Kier alpha value is -1.84. The lowest BCUT2D eigenvalue weighted by Crippen LogP contribution is -2.31. The van der Waals surface area contributed by atoms with Gasteiger partial charge in [0.1, 0.15) is 6.10 Å². The first-order chi connectivity index (χ1) is 7.54. The lowest BCUT2D eigenvalue weighted by molar-refractivity contribution is -0.159. The maximum Gasteiger partial charge on any atom is 0.323 e. The Balaban J connectivity index is 2.26. The van der Waals surface area contributed by atoms with Gasteiger partial charge >= 0.3 is 11.9 Å². The largest absolute Gasteiger partial charge is 0.480 e. The van der Waals surface area contributed by atoms with Crippen LogP contribution in [0.3, 0.4) is 0 Å². The zero-order chi connectivity index (χ0) is 11.8. The number of carboxylic acid groups (broad SMARTS) is 1. The molecule has 0 aromatic heterocycles. The molecule has 4 nitrogen and oxygen atoms in total. The van der Waals surface area contributed by atoms with Crippen LogP contribution in [0.25, 0.3) is 0 Å². The molecule has 16 heavy (non-hydrogen) atoms. The quantitative estimate of drug-likeness (QED) is 0.609. The van der Waals surface area contributed by atoms with Gasteiger partial charge in [-0.2, -0.15) is 0 Å². The number of carbonyl (C=O) groups excluding carboxylic acids is 1. The summed E-state index contributed by atoms with van der Waals surface area (Å²) in [6.45, 7) is 1.40. The highest BCUT2D eigenvalue weighted by Crippen LogP contribution is 2.41. The Morgan fingerprint density at radius 3 is 2.56 bits per heavy atom. The van der Waals surface area contributed by atoms with Crippen molar-refractivity contribution in [3.63, 3.8) is 0 Å². The molecule has 1 aromatic carbocycles. The van der Waals surface area contributed by atoms with Gasteiger partial charge < -0.3 is 9.84 Å². The monoisotopic (exact) mass is 220 g/mol. The van der Waals surface area contributed by atoms with E-state index in [-0.39, 0.29) is 6.42 Å². The van der Waals surface area contributed by atoms with E-state index >= 15 is 0 Å². The van der Waals surface area contributed by atoms with E-state index in [0.29, 0.717) is 0 Å². The van der Waals surface area contributed by atoms with Crippen molar-refractivity contribution in [2.45, 2.75) is 19.4 Å². The van der Waals surface area contributed by atoms with Crippen LogP contribution in [0.5, 0.6) is 0 Å². The third-order valence-electron chi connectivity index (χ3n) is 2.94. The number of aliphatic carboxylic acids is 1. The van der Waals surface area contributed by atoms with Crippen LogP contribution in [0.15, 0.2) is 30.3 Å². The molecular weight excluding hydrogens is 208 g/mol. The number of hydrogen-bond acceptors (Lipinski definition) is 3. The third kappa shape index (κ3) is 1.56. The van der Waals surface area contributed by atoms with E-state index in [9.17, 15) is 9.59 Å². The van der Waals surface area contributed by atoms with Crippen LogP contribution in [0.4, 0.5) is 0 Å². The van der Waals surface area contributed by atoms with E-state index in [1.54, 1.807) is 0 Å². The molecule has 84 valence electrons. The minimum Gasteiger partial charge on any atom is -0.480 e. The van der Waals surface area contributed by atoms with Crippen LogP contribution in [0.1, 0.15) is 25.0 Å². The highest BCUT2D eigenvalue weighted by molar-refractivity contribution is 6.00. The molecule has 0 aliphatic carbocycles. The Morgan fingerprint density at radius 2 is 2.06 bits per heavy atom. The van der Waals surface area contributed by atoms with Gasteiger partial charge in [0.2, 0.25) is 0 Å². The minimum absolute atomic E-state index is 0.186. The summed E-state index contributed by atoms with van der Waals surface area (Å²) in [5.74, 6) is -1.79. The van der Waals surface area contributed by atoms with Gasteiger partial charge in [-0.1, -0.05) is 30.3 Å². The summed E-state index contributed by atoms with van der Waals surface area (Å²) in [4.78, 5) is 22.5. The van der Waals surface area contributed by atoms with E-state index < -0.39 is 23.5 Å². The first-order valence-electron chi connectivity index (χ1n) is 5.03. The molecule has 2 atom stereocenters. The molecule has 0 amide bonds. The highest BCUT2D eigenvalue weighted by Gasteiger charge is 2.51. The van der Waals surface area contributed by atoms with Crippen molar-refractivity contribution < 1.29 is 19.4 Å². The van der Waals surface area contributed by atoms with Gasteiger partial charge in [0.15, 0.2) is 5.41 Å². The van der Waals surface area contributed by atoms with Crippen molar-refractivity contribution in [2.75, 3.05) is 0 Å². The highest BCUT2D eigenvalue weighted by atomic mass is 16.6. The number of esters is 1. The average Bonchev–Trinajstić information content (AvgIpc) is 2.58. The summed E-state index contributed by atoms with van der Waals surface area (Å²) in [7, 11) is 0. The fourth-order valence-electron chi connectivity index (χ4n) is 1.78. The first-order valence-corrected chi connectivity index (χ1v) is 5.03. The molecule has 1 aromatic rings. The average molecular weight is 220 g/mol. The molecular formula is C12H12O4. The van der Waals surface area contributed by atoms with E-state index in [4.69, 9.17) is 9.84 Å². The fourth-order valence-corrected chi connectivity index (χ4v) is 1.78. The first kappa shape index (κ1) is 10.7.